The molecule has 0 atom stereocenters. The first kappa shape index (κ1) is 13.4. The van der Waals surface area contributed by atoms with E-state index in [0.29, 0.717) is 18.9 Å². The highest BCUT2D eigenvalue weighted by molar-refractivity contribution is 5.87. The van der Waals surface area contributed by atoms with Crippen molar-refractivity contribution in [3.8, 4) is 5.88 Å². The first-order valence-electron chi connectivity index (χ1n) is 5.32. The number of hydrogen-bond donors (Lipinski definition) is 1. The zero-order valence-corrected chi connectivity index (χ0v) is 10.3. The van der Waals surface area contributed by atoms with Crippen LogP contribution in [0.2, 0.25) is 0 Å². The van der Waals surface area contributed by atoms with Gasteiger partial charge in [0.2, 0.25) is 5.88 Å². The number of methoxy groups -OCH3 is 1. The van der Waals surface area contributed by atoms with Crippen LogP contribution in [0.25, 0.3) is 0 Å². The number of carbonyl (C=O) groups is 1. The highest BCUT2D eigenvalue weighted by Gasteiger charge is 2.16. The maximum atomic E-state index is 10.7. The van der Waals surface area contributed by atoms with Crippen molar-refractivity contribution in [2.75, 3.05) is 13.7 Å². The van der Waals surface area contributed by atoms with Crippen molar-refractivity contribution in [2.24, 2.45) is 0 Å². The Kier molecular flexibility index (Phi) is 4.45. The van der Waals surface area contributed by atoms with Crippen molar-refractivity contribution in [1.29, 1.82) is 0 Å². The Bertz CT molecular complexity index is 390. The maximum Gasteiger partial charge on any atom is 0.335 e. The maximum absolute atomic E-state index is 10.7. The van der Waals surface area contributed by atoms with Crippen molar-refractivity contribution in [3.05, 3.63) is 23.9 Å². The third-order valence-electron chi connectivity index (χ3n) is 2.49. The monoisotopic (exact) mass is 239 g/mol. The smallest absolute Gasteiger partial charge is 0.335 e. The van der Waals surface area contributed by atoms with E-state index in [9.17, 15) is 4.79 Å². The van der Waals surface area contributed by atoms with Crippen molar-refractivity contribution in [1.82, 2.24) is 4.98 Å². The topological polar surface area (TPSA) is 68.7 Å². The van der Waals surface area contributed by atoms with Gasteiger partial charge in [0.05, 0.1) is 17.8 Å². The van der Waals surface area contributed by atoms with Crippen molar-refractivity contribution >= 4 is 5.97 Å². The van der Waals surface area contributed by atoms with Crippen LogP contribution in [0.5, 0.6) is 5.88 Å². The van der Waals surface area contributed by atoms with Crippen LogP contribution < -0.4 is 4.74 Å². The molecule has 0 bridgehead atoms. The molecule has 0 unspecified atom stereocenters. The summed E-state index contributed by atoms with van der Waals surface area (Å²) in [5.41, 5.74) is -0.0919. The van der Waals surface area contributed by atoms with Gasteiger partial charge in [-0.2, -0.15) is 0 Å². The molecule has 0 aromatic carbocycles. The number of aromatic nitrogens is 1. The minimum atomic E-state index is -0.991. The molecular formula is C12H17NO4. The number of hydrogen-bond acceptors (Lipinski definition) is 4. The van der Waals surface area contributed by atoms with Gasteiger partial charge in [0.25, 0.3) is 0 Å². The normalized spacial score (nSPS) is 11.2. The average molecular weight is 239 g/mol. The summed E-state index contributed by atoms with van der Waals surface area (Å²) in [5.74, 6) is -0.675. The lowest BCUT2D eigenvalue weighted by molar-refractivity contribution is 0.00505. The van der Waals surface area contributed by atoms with E-state index in [1.807, 2.05) is 13.8 Å². The van der Waals surface area contributed by atoms with E-state index < -0.39 is 5.97 Å². The third kappa shape index (κ3) is 4.40. The molecule has 1 N–H and O–H groups in total. The number of pyridine rings is 1. The molecule has 17 heavy (non-hydrogen) atoms. The van der Waals surface area contributed by atoms with E-state index in [1.54, 1.807) is 7.11 Å². The van der Waals surface area contributed by atoms with Crippen molar-refractivity contribution in [3.63, 3.8) is 0 Å². The number of carboxylic acid groups (broad SMARTS) is 1. The van der Waals surface area contributed by atoms with Crippen molar-refractivity contribution in [2.45, 2.75) is 25.9 Å². The van der Waals surface area contributed by atoms with Gasteiger partial charge in [-0.3, -0.25) is 0 Å². The standard InChI is InChI=1S/C12H17NO4/c1-12(2,16-3)5-7-17-10-8-9(11(14)15)4-6-13-10/h4,6,8H,5,7H2,1-3H3,(H,14,15). The predicted octanol–water partition coefficient (Wildman–Crippen LogP) is 1.97. The number of nitrogens with zero attached hydrogens (tertiary/aromatic N) is 1. The summed E-state index contributed by atoms with van der Waals surface area (Å²) in [5, 5.41) is 8.80. The molecule has 1 heterocycles. The van der Waals surface area contributed by atoms with Gasteiger partial charge in [0.15, 0.2) is 0 Å². The van der Waals surface area contributed by atoms with E-state index in [4.69, 9.17) is 14.6 Å². The van der Waals surface area contributed by atoms with E-state index in [0.717, 1.165) is 0 Å². The summed E-state index contributed by atoms with van der Waals surface area (Å²) in [6.07, 6.45) is 2.11. The SMILES string of the molecule is COC(C)(C)CCOc1cc(C(=O)O)ccn1. The number of ether oxygens (including phenoxy) is 2. The molecule has 0 aliphatic carbocycles. The predicted molar refractivity (Wildman–Crippen MR) is 62.4 cm³/mol. The van der Waals surface area contributed by atoms with Crippen LogP contribution in [-0.4, -0.2) is 35.4 Å². The van der Waals surface area contributed by atoms with Crippen LogP contribution in [0.3, 0.4) is 0 Å². The van der Waals surface area contributed by atoms with Crippen molar-refractivity contribution < 1.29 is 19.4 Å². The summed E-state index contributed by atoms with van der Waals surface area (Å²) in [7, 11) is 1.64. The number of rotatable bonds is 6. The fourth-order valence-electron chi connectivity index (χ4n) is 1.12. The molecule has 0 amide bonds. The zero-order chi connectivity index (χ0) is 12.9. The minimum absolute atomic E-state index is 0.168. The Morgan fingerprint density at radius 1 is 1.53 bits per heavy atom. The Morgan fingerprint density at radius 2 is 2.24 bits per heavy atom. The summed E-state index contributed by atoms with van der Waals surface area (Å²) in [6.45, 7) is 4.34. The highest BCUT2D eigenvalue weighted by Crippen LogP contribution is 2.15. The van der Waals surface area contributed by atoms with Crippen LogP contribution in [0, 0.1) is 0 Å². The van der Waals surface area contributed by atoms with Crippen LogP contribution in [0.4, 0.5) is 0 Å². The van der Waals surface area contributed by atoms with Gasteiger partial charge < -0.3 is 14.6 Å². The Labute approximate surface area is 100 Å². The van der Waals surface area contributed by atoms with Gasteiger partial charge in [0.1, 0.15) is 0 Å². The second-order valence-electron chi connectivity index (χ2n) is 4.25. The Hall–Kier alpha value is -1.62. The molecule has 1 aromatic rings. The summed E-state index contributed by atoms with van der Waals surface area (Å²) < 4.78 is 10.6. The summed E-state index contributed by atoms with van der Waals surface area (Å²) >= 11 is 0. The van der Waals surface area contributed by atoms with E-state index >= 15 is 0 Å². The largest absolute Gasteiger partial charge is 0.478 e. The van der Waals surface area contributed by atoms with Gasteiger partial charge >= 0.3 is 5.97 Å². The molecule has 0 spiro atoms. The molecule has 94 valence electrons. The first-order chi connectivity index (χ1) is 7.94. The lowest BCUT2D eigenvalue weighted by Gasteiger charge is -2.22. The molecular weight excluding hydrogens is 222 g/mol. The molecule has 1 aromatic heterocycles. The lowest BCUT2D eigenvalue weighted by atomic mass is 10.1. The first-order valence-corrected chi connectivity index (χ1v) is 5.32. The number of aromatic carboxylic acids is 1. The molecule has 0 aliphatic heterocycles. The van der Waals surface area contributed by atoms with Gasteiger partial charge in [-0.15, -0.1) is 0 Å². The van der Waals surface area contributed by atoms with Crippen LogP contribution >= 0.6 is 0 Å². The number of carboxylic acids is 1. The van der Waals surface area contributed by atoms with E-state index in [-0.39, 0.29) is 11.2 Å². The van der Waals surface area contributed by atoms with Gasteiger partial charge in [-0.25, -0.2) is 9.78 Å². The van der Waals surface area contributed by atoms with Crippen LogP contribution in [0.1, 0.15) is 30.6 Å². The second kappa shape index (κ2) is 5.63. The molecule has 0 saturated carbocycles. The zero-order valence-electron chi connectivity index (χ0n) is 10.3. The van der Waals surface area contributed by atoms with Gasteiger partial charge in [0, 0.05) is 25.8 Å². The fourth-order valence-corrected chi connectivity index (χ4v) is 1.12. The second-order valence-corrected chi connectivity index (χ2v) is 4.25. The fraction of sp³-hybridized carbons (Fsp3) is 0.500. The molecule has 0 fully saturated rings. The van der Waals surface area contributed by atoms with Crippen LogP contribution in [-0.2, 0) is 4.74 Å². The summed E-state index contributed by atoms with van der Waals surface area (Å²) in [6, 6.07) is 2.83. The molecule has 5 nitrogen and oxygen atoms in total. The van der Waals surface area contributed by atoms with Gasteiger partial charge in [-0.05, 0) is 19.9 Å². The van der Waals surface area contributed by atoms with Gasteiger partial charge in [-0.1, -0.05) is 0 Å². The molecule has 5 heteroatoms. The van der Waals surface area contributed by atoms with E-state index in [2.05, 4.69) is 4.98 Å². The van der Waals surface area contributed by atoms with E-state index in [1.165, 1.54) is 18.3 Å². The molecule has 1 rings (SSSR count). The molecule has 0 saturated heterocycles. The Balaban J connectivity index is 2.52. The lowest BCUT2D eigenvalue weighted by Crippen LogP contribution is -2.25. The molecule has 0 radical (unpaired) electrons. The third-order valence-corrected chi connectivity index (χ3v) is 2.49. The quantitative estimate of drug-likeness (QED) is 0.822. The highest BCUT2D eigenvalue weighted by atomic mass is 16.5. The molecule has 0 aliphatic rings. The minimum Gasteiger partial charge on any atom is -0.478 e. The Morgan fingerprint density at radius 3 is 2.82 bits per heavy atom. The summed E-state index contributed by atoms with van der Waals surface area (Å²) in [4.78, 5) is 14.7. The van der Waals surface area contributed by atoms with Crippen LogP contribution in [0.15, 0.2) is 18.3 Å². The average Bonchev–Trinajstić information content (AvgIpc) is 2.29.